The lowest BCUT2D eigenvalue weighted by molar-refractivity contribution is 0.181. The fourth-order valence-corrected chi connectivity index (χ4v) is 1.82. The van der Waals surface area contributed by atoms with Crippen molar-refractivity contribution >= 4 is 11.6 Å². The van der Waals surface area contributed by atoms with Gasteiger partial charge >= 0.3 is 0 Å². The molecule has 0 aliphatic carbocycles. The van der Waals surface area contributed by atoms with Gasteiger partial charge in [-0.1, -0.05) is 0 Å². The van der Waals surface area contributed by atoms with Crippen LogP contribution in [0.2, 0.25) is 0 Å². The van der Waals surface area contributed by atoms with Gasteiger partial charge in [0.05, 0.1) is 17.7 Å². The highest BCUT2D eigenvalue weighted by molar-refractivity contribution is 6.20. The third kappa shape index (κ3) is 4.64. The Morgan fingerprint density at radius 2 is 2.40 bits per heavy atom. The summed E-state index contributed by atoms with van der Waals surface area (Å²) < 4.78 is 6.78. The Kier molecular flexibility index (Phi) is 5.08. The third-order valence-electron chi connectivity index (χ3n) is 2.06. The number of alkyl halides is 1. The lowest BCUT2D eigenvalue weighted by Gasteiger charge is -2.18. The van der Waals surface area contributed by atoms with Gasteiger partial charge in [-0.05, 0) is 13.1 Å². The van der Waals surface area contributed by atoms with E-state index in [-0.39, 0.29) is 5.38 Å². The van der Waals surface area contributed by atoms with E-state index in [0.29, 0.717) is 6.61 Å². The molecule has 0 radical (unpaired) electrons. The average molecular weight is 232 g/mol. The van der Waals surface area contributed by atoms with Crippen molar-refractivity contribution in [1.29, 1.82) is 0 Å². The highest BCUT2D eigenvalue weighted by Crippen LogP contribution is 2.03. The Bertz CT molecular complexity index is 290. The lowest BCUT2D eigenvalue weighted by atomic mass is 10.3. The molecule has 0 saturated heterocycles. The van der Waals surface area contributed by atoms with Crippen LogP contribution in [0.1, 0.15) is 5.69 Å². The smallest absolute Gasteiger partial charge is 0.0764 e. The first-order valence-electron chi connectivity index (χ1n) is 4.92. The van der Waals surface area contributed by atoms with Gasteiger partial charge in [-0.25, -0.2) is 0 Å². The fraction of sp³-hybridized carbons (Fsp3) is 0.700. The minimum Gasteiger partial charge on any atom is -0.383 e. The summed E-state index contributed by atoms with van der Waals surface area (Å²) in [6.45, 7) is 2.19. The molecule has 4 nitrogen and oxygen atoms in total. The average Bonchev–Trinajstić information content (AvgIpc) is 2.51. The second kappa shape index (κ2) is 6.10. The van der Waals surface area contributed by atoms with E-state index in [1.807, 2.05) is 26.4 Å². The van der Waals surface area contributed by atoms with E-state index in [0.717, 1.165) is 18.8 Å². The van der Waals surface area contributed by atoms with Crippen molar-refractivity contribution in [2.24, 2.45) is 7.05 Å². The SMILES string of the molecule is COCC(Cl)CN(C)Cc1ccn(C)n1. The Balaban J connectivity index is 2.32. The molecule has 0 amide bonds. The molecule has 1 aromatic rings. The predicted molar refractivity (Wildman–Crippen MR) is 61.1 cm³/mol. The van der Waals surface area contributed by atoms with Gasteiger partial charge in [0.15, 0.2) is 0 Å². The van der Waals surface area contributed by atoms with Crippen LogP contribution in [-0.2, 0) is 18.3 Å². The summed E-state index contributed by atoms with van der Waals surface area (Å²) in [5.41, 5.74) is 1.06. The number of aromatic nitrogens is 2. The molecule has 0 N–H and O–H groups in total. The van der Waals surface area contributed by atoms with Gasteiger partial charge in [0.1, 0.15) is 0 Å². The first kappa shape index (κ1) is 12.5. The number of ether oxygens (including phenoxy) is 1. The molecule has 0 aliphatic heterocycles. The summed E-state index contributed by atoms with van der Waals surface area (Å²) in [6, 6.07) is 2.01. The van der Waals surface area contributed by atoms with Crippen molar-refractivity contribution in [2.45, 2.75) is 11.9 Å². The second-order valence-corrected chi connectivity index (χ2v) is 4.35. The van der Waals surface area contributed by atoms with Crippen LogP contribution in [0.25, 0.3) is 0 Å². The Hall–Kier alpha value is -0.580. The van der Waals surface area contributed by atoms with Crippen molar-refractivity contribution < 1.29 is 4.74 Å². The van der Waals surface area contributed by atoms with E-state index >= 15 is 0 Å². The summed E-state index contributed by atoms with van der Waals surface area (Å²) in [7, 11) is 5.60. The number of methoxy groups -OCH3 is 1. The first-order chi connectivity index (χ1) is 7.11. The number of hydrogen-bond donors (Lipinski definition) is 0. The summed E-state index contributed by atoms with van der Waals surface area (Å²) in [5, 5.41) is 4.34. The lowest BCUT2D eigenvalue weighted by Crippen LogP contribution is -2.28. The number of nitrogens with zero attached hydrogens (tertiary/aromatic N) is 3. The predicted octanol–water partition coefficient (Wildman–Crippen LogP) is 1.11. The molecule has 1 atom stereocenters. The number of hydrogen-bond acceptors (Lipinski definition) is 3. The van der Waals surface area contributed by atoms with E-state index in [1.165, 1.54) is 0 Å². The highest BCUT2D eigenvalue weighted by Gasteiger charge is 2.09. The van der Waals surface area contributed by atoms with Crippen LogP contribution in [-0.4, -0.2) is 47.4 Å². The van der Waals surface area contributed by atoms with Gasteiger partial charge in [0, 0.05) is 33.4 Å². The van der Waals surface area contributed by atoms with E-state index < -0.39 is 0 Å². The van der Waals surface area contributed by atoms with Crippen LogP contribution >= 0.6 is 11.6 Å². The van der Waals surface area contributed by atoms with E-state index in [9.17, 15) is 0 Å². The van der Waals surface area contributed by atoms with Crippen molar-refractivity contribution in [2.75, 3.05) is 27.3 Å². The molecule has 1 rings (SSSR count). The zero-order chi connectivity index (χ0) is 11.3. The van der Waals surface area contributed by atoms with Crippen LogP contribution in [0.15, 0.2) is 12.3 Å². The van der Waals surface area contributed by atoms with Gasteiger partial charge in [-0.2, -0.15) is 5.10 Å². The summed E-state index contributed by atoms with van der Waals surface area (Å²) in [5.74, 6) is 0. The Morgan fingerprint density at radius 3 is 2.93 bits per heavy atom. The molecule has 0 aliphatic rings. The molecule has 0 spiro atoms. The molecule has 15 heavy (non-hydrogen) atoms. The van der Waals surface area contributed by atoms with Gasteiger partial charge in [0.2, 0.25) is 0 Å². The zero-order valence-electron chi connectivity index (χ0n) is 9.48. The number of aryl methyl sites for hydroxylation is 1. The molecule has 0 saturated carbocycles. The summed E-state index contributed by atoms with van der Waals surface area (Å²) >= 11 is 6.05. The third-order valence-corrected chi connectivity index (χ3v) is 2.32. The molecule has 0 fully saturated rings. The fourth-order valence-electron chi connectivity index (χ4n) is 1.46. The second-order valence-electron chi connectivity index (χ2n) is 3.73. The van der Waals surface area contributed by atoms with E-state index in [4.69, 9.17) is 16.3 Å². The maximum Gasteiger partial charge on any atom is 0.0764 e. The molecule has 1 aromatic heterocycles. The number of halogens is 1. The topological polar surface area (TPSA) is 30.3 Å². The standard InChI is InChI=1S/C10H18ClN3O/c1-13(6-9(11)8-15-3)7-10-4-5-14(2)12-10/h4-5,9H,6-8H2,1-3H3. The normalized spacial score (nSPS) is 13.4. The monoisotopic (exact) mass is 231 g/mol. The van der Waals surface area contributed by atoms with E-state index in [2.05, 4.69) is 10.00 Å². The van der Waals surface area contributed by atoms with Crippen molar-refractivity contribution in [3.05, 3.63) is 18.0 Å². The molecule has 0 aromatic carbocycles. The largest absolute Gasteiger partial charge is 0.383 e. The Morgan fingerprint density at radius 1 is 1.67 bits per heavy atom. The molecule has 0 bridgehead atoms. The maximum absolute atomic E-state index is 6.05. The van der Waals surface area contributed by atoms with Crippen LogP contribution in [0, 0.1) is 0 Å². The first-order valence-corrected chi connectivity index (χ1v) is 5.35. The van der Waals surface area contributed by atoms with Crippen LogP contribution in [0.5, 0.6) is 0 Å². The molecule has 1 heterocycles. The molecule has 86 valence electrons. The quantitative estimate of drug-likeness (QED) is 0.687. The van der Waals surface area contributed by atoms with Crippen LogP contribution in [0.3, 0.4) is 0 Å². The number of rotatable bonds is 6. The minimum absolute atomic E-state index is 0.0312. The van der Waals surface area contributed by atoms with Crippen molar-refractivity contribution in [3.8, 4) is 0 Å². The van der Waals surface area contributed by atoms with Crippen molar-refractivity contribution in [1.82, 2.24) is 14.7 Å². The van der Waals surface area contributed by atoms with E-state index in [1.54, 1.807) is 11.8 Å². The minimum atomic E-state index is 0.0312. The van der Waals surface area contributed by atoms with Crippen LogP contribution in [0.4, 0.5) is 0 Å². The molecular weight excluding hydrogens is 214 g/mol. The zero-order valence-corrected chi connectivity index (χ0v) is 10.2. The molecule has 5 heteroatoms. The molecular formula is C10H18ClN3O. The van der Waals surface area contributed by atoms with Crippen molar-refractivity contribution in [3.63, 3.8) is 0 Å². The maximum atomic E-state index is 6.05. The van der Waals surface area contributed by atoms with Gasteiger partial charge in [0.25, 0.3) is 0 Å². The van der Waals surface area contributed by atoms with Crippen LogP contribution < -0.4 is 0 Å². The molecule has 1 unspecified atom stereocenters. The van der Waals surface area contributed by atoms with Gasteiger partial charge in [-0.15, -0.1) is 11.6 Å². The summed E-state index contributed by atoms with van der Waals surface area (Å²) in [4.78, 5) is 2.14. The van der Waals surface area contributed by atoms with Gasteiger partial charge in [-0.3, -0.25) is 9.58 Å². The van der Waals surface area contributed by atoms with Gasteiger partial charge < -0.3 is 4.74 Å². The Labute approximate surface area is 95.8 Å². The highest BCUT2D eigenvalue weighted by atomic mass is 35.5. The summed E-state index contributed by atoms with van der Waals surface area (Å²) in [6.07, 6.45) is 1.94.